The van der Waals surface area contributed by atoms with Crippen molar-refractivity contribution in [2.24, 2.45) is 0 Å². The van der Waals surface area contributed by atoms with Gasteiger partial charge in [0.15, 0.2) is 0 Å². The van der Waals surface area contributed by atoms with Gasteiger partial charge in [-0.15, -0.1) is 0 Å². The van der Waals surface area contributed by atoms with Crippen LogP contribution in [-0.2, 0) is 0 Å². The lowest BCUT2D eigenvalue weighted by atomic mass is 10.1. The van der Waals surface area contributed by atoms with Gasteiger partial charge in [0, 0.05) is 0 Å². The molecule has 0 aromatic carbocycles. The van der Waals surface area contributed by atoms with E-state index in [2.05, 4.69) is 26.5 Å². The van der Waals surface area contributed by atoms with Crippen LogP contribution < -0.4 is 0 Å². The number of hydrogen-bond donors (Lipinski definition) is 1. The zero-order valence-electron chi connectivity index (χ0n) is 7.30. The van der Waals surface area contributed by atoms with Gasteiger partial charge in [-0.3, -0.25) is 0 Å². The average Bonchev–Trinajstić information content (AvgIpc) is 1.87. The van der Waals surface area contributed by atoms with Crippen molar-refractivity contribution in [3.63, 3.8) is 0 Å². The van der Waals surface area contributed by atoms with E-state index in [0.29, 0.717) is 0 Å². The van der Waals surface area contributed by atoms with Gasteiger partial charge in [0.05, 0.1) is 6.26 Å². The number of aliphatic hydroxyl groups is 1. The molecule has 11 heavy (non-hydrogen) atoms. The highest BCUT2D eigenvalue weighted by atomic mass is 16.2. The Kier molecular flexibility index (Phi) is 5.26. The zero-order valence-corrected chi connectivity index (χ0v) is 7.30. The van der Waals surface area contributed by atoms with Crippen molar-refractivity contribution in [1.29, 1.82) is 0 Å². The van der Waals surface area contributed by atoms with Crippen molar-refractivity contribution in [2.45, 2.75) is 26.7 Å². The maximum absolute atomic E-state index is 8.39. The summed E-state index contributed by atoms with van der Waals surface area (Å²) in [4.78, 5) is 0. The fraction of sp³-hybridized carbons (Fsp3) is 0.400. The fourth-order valence-corrected chi connectivity index (χ4v) is 0.735. The highest BCUT2D eigenvalue weighted by molar-refractivity contribution is 5.13. The summed E-state index contributed by atoms with van der Waals surface area (Å²) < 4.78 is 0. The third kappa shape index (κ3) is 6.91. The Labute approximate surface area is 68.7 Å². The summed E-state index contributed by atoms with van der Waals surface area (Å²) in [5.41, 5.74) is 2.29. The molecule has 0 heterocycles. The molecule has 0 spiro atoms. The molecule has 0 atom stereocenters. The molecule has 0 unspecified atom stereocenters. The van der Waals surface area contributed by atoms with E-state index >= 15 is 0 Å². The molecule has 0 fully saturated rings. The molecule has 1 nitrogen and oxygen atoms in total. The molecular formula is C10H16O. The molecular weight excluding hydrogens is 136 g/mol. The number of hydrogen-bond acceptors (Lipinski definition) is 1. The summed E-state index contributed by atoms with van der Waals surface area (Å²) in [6, 6.07) is 0. The second-order valence-corrected chi connectivity index (χ2v) is 2.79. The van der Waals surface area contributed by atoms with Crippen molar-refractivity contribution >= 4 is 0 Å². The Morgan fingerprint density at radius 1 is 1.45 bits per heavy atom. The first-order valence-corrected chi connectivity index (χ1v) is 3.78. The molecule has 0 amide bonds. The van der Waals surface area contributed by atoms with Crippen LogP contribution in [0.15, 0.2) is 36.1 Å². The Hall–Kier alpha value is -0.980. The lowest BCUT2D eigenvalue weighted by Gasteiger charge is -1.95. The van der Waals surface area contributed by atoms with Gasteiger partial charge in [0.2, 0.25) is 0 Å². The van der Waals surface area contributed by atoms with E-state index in [0.717, 1.165) is 24.7 Å². The van der Waals surface area contributed by atoms with Gasteiger partial charge in [0.25, 0.3) is 0 Å². The van der Waals surface area contributed by atoms with E-state index < -0.39 is 0 Å². The molecule has 0 radical (unpaired) electrons. The van der Waals surface area contributed by atoms with Crippen LogP contribution >= 0.6 is 0 Å². The molecule has 0 bridgehead atoms. The largest absolute Gasteiger partial charge is 0.516 e. The van der Waals surface area contributed by atoms with E-state index in [-0.39, 0.29) is 0 Å². The number of allylic oxidation sites excluding steroid dienone is 4. The number of rotatable bonds is 4. The minimum Gasteiger partial charge on any atom is -0.516 e. The van der Waals surface area contributed by atoms with Crippen LogP contribution in [0.25, 0.3) is 0 Å². The molecule has 0 aliphatic carbocycles. The van der Waals surface area contributed by atoms with Crippen LogP contribution in [0.4, 0.5) is 0 Å². The zero-order chi connectivity index (χ0) is 8.69. The first-order valence-electron chi connectivity index (χ1n) is 3.78. The van der Waals surface area contributed by atoms with Crippen molar-refractivity contribution in [3.8, 4) is 0 Å². The van der Waals surface area contributed by atoms with E-state index in [1.807, 2.05) is 0 Å². The van der Waals surface area contributed by atoms with E-state index in [1.165, 1.54) is 5.57 Å². The van der Waals surface area contributed by atoms with Gasteiger partial charge >= 0.3 is 0 Å². The van der Waals surface area contributed by atoms with E-state index in [1.54, 1.807) is 6.08 Å². The van der Waals surface area contributed by atoms with Crippen molar-refractivity contribution in [3.05, 3.63) is 36.1 Å². The Bertz CT molecular complexity index is 171. The van der Waals surface area contributed by atoms with Crippen molar-refractivity contribution < 1.29 is 5.11 Å². The minimum atomic E-state index is 0.919. The predicted octanol–water partition coefficient (Wildman–Crippen LogP) is 3.36. The molecule has 1 heteroatoms. The second kappa shape index (κ2) is 5.78. The summed E-state index contributed by atoms with van der Waals surface area (Å²) in [7, 11) is 0. The first-order chi connectivity index (χ1) is 5.16. The van der Waals surface area contributed by atoms with Crippen LogP contribution in [0.1, 0.15) is 26.7 Å². The lowest BCUT2D eigenvalue weighted by Crippen LogP contribution is -1.75. The van der Waals surface area contributed by atoms with Gasteiger partial charge in [0.1, 0.15) is 0 Å². The van der Waals surface area contributed by atoms with Crippen molar-refractivity contribution in [2.75, 3.05) is 0 Å². The second-order valence-electron chi connectivity index (χ2n) is 2.79. The third-order valence-electron chi connectivity index (χ3n) is 1.33. The summed E-state index contributed by atoms with van der Waals surface area (Å²) in [6.07, 6.45) is 6.74. The monoisotopic (exact) mass is 152 g/mol. The standard InChI is InChI=1S/C10H16O/c1-9(2)5-4-6-10(3)7-8-11/h5,7-8,11H,3-4,6H2,1-2H3/b8-7+. The molecule has 0 saturated heterocycles. The highest BCUT2D eigenvalue weighted by Gasteiger charge is 1.86. The summed E-state index contributed by atoms with van der Waals surface area (Å²) in [6.45, 7) is 7.91. The lowest BCUT2D eigenvalue weighted by molar-refractivity contribution is 0.473. The van der Waals surface area contributed by atoms with Gasteiger partial charge in [-0.05, 0) is 32.8 Å². The minimum absolute atomic E-state index is 0.919. The third-order valence-corrected chi connectivity index (χ3v) is 1.33. The SMILES string of the molecule is C=C(/C=C/O)CCC=C(C)C. The Morgan fingerprint density at radius 2 is 2.09 bits per heavy atom. The predicted molar refractivity (Wildman–Crippen MR) is 49.6 cm³/mol. The quantitative estimate of drug-likeness (QED) is 0.372. The Morgan fingerprint density at radius 3 is 2.55 bits per heavy atom. The maximum Gasteiger partial charge on any atom is 0.0794 e. The normalized spacial score (nSPS) is 10.0. The number of aliphatic hydroxyl groups excluding tert-OH is 1. The first kappa shape index (κ1) is 10.0. The van der Waals surface area contributed by atoms with Crippen LogP contribution in [0.5, 0.6) is 0 Å². The molecule has 0 saturated carbocycles. The van der Waals surface area contributed by atoms with Crippen LogP contribution in [0.2, 0.25) is 0 Å². The highest BCUT2D eigenvalue weighted by Crippen LogP contribution is 2.05. The van der Waals surface area contributed by atoms with Crippen molar-refractivity contribution in [1.82, 2.24) is 0 Å². The van der Waals surface area contributed by atoms with Gasteiger partial charge in [-0.2, -0.15) is 0 Å². The molecule has 0 aliphatic heterocycles. The molecule has 62 valence electrons. The van der Waals surface area contributed by atoms with Gasteiger partial charge < -0.3 is 5.11 Å². The average molecular weight is 152 g/mol. The van der Waals surface area contributed by atoms with Gasteiger partial charge in [-0.25, -0.2) is 0 Å². The summed E-state index contributed by atoms with van der Waals surface area (Å²) in [5.74, 6) is 0. The van der Waals surface area contributed by atoms with E-state index in [9.17, 15) is 0 Å². The van der Waals surface area contributed by atoms with Crippen LogP contribution in [0.3, 0.4) is 0 Å². The van der Waals surface area contributed by atoms with E-state index in [4.69, 9.17) is 5.11 Å². The molecule has 0 aromatic rings. The molecule has 1 N–H and O–H groups in total. The molecule has 0 aromatic heterocycles. The van der Waals surface area contributed by atoms with Crippen LogP contribution in [0, 0.1) is 0 Å². The summed E-state index contributed by atoms with van der Waals surface area (Å²) >= 11 is 0. The summed E-state index contributed by atoms with van der Waals surface area (Å²) in [5, 5.41) is 8.39. The topological polar surface area (TPSA) is 20.2 Å². The smallest absolute Gasteiger partial charge is 0.0794 e. The fourth-order valence-electron chi connectivity index (χ4n) is 0.735. The Balaban J connectivity index is 3.55. The van der Waals surface area contributed by atoms with Gasteiger partial charge in [-0.1, -0.05) is 23.8 Å². The molecule has 0 rings (SSSR count). The maximum atomic E-state index is 8.39. The van der Waals surface area contributed by atoms with Crippen LogP contribution in [-0.4, -0.2) is 5.11 Å². The molecule has 0 aliphatic rings.